The molecule has 11 heteroatoms. The molecule has 0 rings (SSSR count). The zero-order valence-corrected chi connectivity index (χ0v) is 17.2. The Morgan fingerprint density at radius 1 is 1.20 bits per heavy atom. The molecule has 0 saturated carbocycles. The molecule has 0 spiro atoms. The van der Waals surface area contributed by atoms with Crippen molar-refractivity contribution in [3.63, 3.8) is 0 Å². The van der Waals surface area contributed by atoms with Gasteiger partial charge in [0.1, 0.15) is 5.25 Å². The maximum Gasteiger partial charge on any atom is 0.320 e. The molecule has 0 fully saturated rings. The lowest BCUT2D eigenvalue weighted by Gasteiger charge is -2.24. The number of hydrogen-bond acceptors (Lipinski definition) is 8. The topological polar surface area (TPSA) is 111 Å². The Balaban J connectivity index is 4.75. The lowest BCUT2D eigenvalue weighted by molar-refractivity contribution is -0.149. The number of carboxylic acid groups (broad SMARTS) is 1. The van der Waals surface area contributed by atoms with E-state index in [9.17, 15) is 14.4 Å². The Bertz CT molecular complexity index is 490. The minimum Gasteiger partial charge on any atom is -0.481 e. The van der Waals surface area contributed by atoms with Crippen LogP contribution >= 0.6 is 17.0 Å². The number of ether oxygens (including phenoxy) is 2. The van der Waals surface area contributed by atoms with E-state index in [1.165, 1.54) is 7.11 Å². The van der Waals surface area contributed by atoms with E-state index < -0.39 is 28.8 Å². The van der Waals surface area contributed by atoms with Crippen molar-refractivity contribution in [3.05, 3.63) is 0 Å². The Morgan fingerprint density at radius 2 is 1.84 bits per heavy atom. The smallest absolute Gasteiger partial charge is 0.320 e. The summed E-state index contributed by atoms with van der Waals surface area (Å²) in [5.41, 5.74) is -2.63. The second kappa shape index (κ2) is 13.5. The fourth-order valence-corrected chi connectivity index (χ4v) is 6.57. The minimum absolute atomic E-state index is 0.0823. The number of carbonyl (C=O) groups excluding carboxylic acids is 2. The highest BCUT2D eigenvalue weighted by Crippen LogP contribution is 2.58. The van der Waals surface area contributed by atoms with Crippen LogP contribution < -0.4 is 5.09 Å². The molecular formula is C14H26NO7PS2. The van der Waals surface area contributed by atoms with Crippen molar-refractivity contribution in [1.29, 1.82) is 0 Å². The van der Waals surface area contributed by atoms with Crippen LogP contribution in [-0.2, 0) is 40.2 Å². The average Bonchev–Trinajstić information content (AvgIpc) is 2.54. The van der Waals surface area contributed by atoms with Crippen molar-refractivity contribution in [2.45, 2.75) is 44.8 Å². The predicted octanol–water partition coefficient (Wildman–Crippen LogP) is 2.32. The summed E-state index contributed by atoms with van der Waals surface area (Å²) in [6.07, 6.45) is 1.05. The molecule has 0 aliphatic carbocycles. The van der Waals surface area contributed by atoms with Gasteiger partial charge < -0.3 is 19.1 Å². The van der Waals surface area contributed by atoms with Gasteiger partial charge in [-0.3, -0.25) is 19.5 Å². The number of rotatable bonds is 14. The molecule has 2 N–H and O–H groups in total. The SMILES string of the molecule is CCOC(=O)CC(SP(=S)(NCCCCC(=O)O)OC)C(=O)OCC. The van der Waals surface area contributed by atoms with Crippen molar-refractivity contribution in [2.24, 2.45) is 0 Å². The number of carbonyl (C=O) groups is 3. The molecule has 2 unspecified atom stereocenters. The van der Waals surface area contributed by atoms with Gasteiger partial charge in [-0.2, -0.15) is 0 Å². The molecule has 8 nitrogen and oxygen atoms in total. The summed E-state index contributed by atoms with van der Waals surface area (Å²) >= 11 is 6.53. The number of nitrogens with one attached hydrogen (secondary N) is 1. The summed E-state index contributed by atoms with van der Waals surface area (Å²) in [4.78, 5) is 34.3. The number of hydrogen-bond donors (Lipinski definition) is 2. The second-order valence-electron chi connectivity index (χ2n) is 4.79. The van der Waals surface area contributed by atoms with Crippen LogP contribution in [0.5, 0.6) is 0 Å². The van der Waals surface area contributed by atoms with E-state index in [1.807, 2.05) is 0 Å². The quantitative estimate of drug-likeness (QED) is 0.249. The van der Waals surface area contributed by atoms with Gasteiger partial charge in [0.2, 0.25) is 0 Å². The summed E-state index contributed by atoms with van der Waals surface area (Å²) in [6.45, 7) is 4.23. The first-order chi connectivity index (χ1) is 11.8. The van der Waals surface area contributed by atoms with E-state index in [1.54, 1.807) is 13.8 Å². The third-order valence-corrected chi connectivity index (χ3v) is 8.86. The molecule has 0 aliphatic heterocycles. The zero-order chi connectivity index (χ0) is 19.3. The summed E-state index contributed by atoms with van der Waals surface area (Å²) in [7, 11) is 1.44. The Kier molecular flexibility index (Phi) is 13.2. The fourth-order valence-electron chi connectivity index (χ4n) is 1.70. The standard InChI is InChI=1S/C14H26NO7PS2/c1-4-21-13(18)10-11(14(19)22-5-2)25-23(24,20-3)15-9-7-6-8-12(16)17/h11H,4-10H2,1-3H3,(H,15,24)(H,16,17). The molecule has 0 amide bonds. The largest absolute Gasteiger partial charge is 0.481 e. The van der Waals surface area contributed by atoms with Crippen LogP contribution in [0, 0.1) is 0 Å². The van der Waals surface area contributed by atoms with Crippen LogP contribution in [-0.4, -0.2) is 55.1 Å². The number of carboxylic acids is 1. The monoisotopic (exact) mass is 415 g/mol. The van der Waals surface area contributed by atoms with Crippen LogP contribution in [0.3, 0.4) is 0 Å². The highest BCUT2D eigenvalue weighted by Gasteiger charge is 2.31. The van der Waals surface area contributed by atoms with E-state index in [0.717, 1.165) is 11.4 Å². The summed E-state index contributed by atoms with van der Waals surface area (Å²) in [5, 5.41) is 10.9. The number of esters is 2. The summed E-state index contributed by atoms with van der Waals surface area (Å²) in [5.74, 6) is -1.90. The van der Waals surface area contributed by atoms with Gasteiger partial charge in [0, 0.05) is 20.1 Å². The molecule has 0 aliphatic rings. The second-order valence-corrected chi connectivity index (χ2v) is 11.7. The van der Waals surface area contributed by atoms with E-state index >= 15 is 0 Å². The molecule has 146 valence electrons. The van der Waals surface area contributed by atoms with E-state index in [4.69, 9.17) is 30.9 Å². The van der Waals surface area contributed by atoms with E-state index in [2.05, 4.69) is 5.09 Å². The van der Waals surface area contributed by atoms with Crippen LogP contribution in [0.25, 0.3) is 0 Å². The average molecular weight is 415 g/mol. The molecule has 0 radical (unpaired) electrons. The fraction of sp³-hybridized carbons (Fsp3) is 0.786. The predicted molar refractivity (Wildman–Crippen MR) is 100 cm³/mol. The highest BCUT2D eigenvalue weighted by atomic mass is 32.9. The van der Waals surface area contributed by atoms with Crippen molar-refractivity contribution < 1.29 is 33.5 Å². The molecule has 0 aromatic carbocycles. The third-order valence-electron chi connectivity index (χ3n) is 2.84. The van der Waals surface area contributed by atoms with Crippen LogP contribution in [0.2, 0.25) is 0 Å². The Hall–Kier alpha value is -0.670. The van der Waals surface area contributed by atoms with Crippen molar-refractivity contribution in [1.82, 2.24) is 5.09 Å². The van der Waals surface area contributed by atoms with Gasteiger partial charge in [-0.15, -0.1) is 0 Å². The first-order valence-corrected chi connectivity index (χ1v) is 12.1. The minimum atomic E-state index is -2.63. The lowest BCUT2D eigenvalue weighted by atomic mass is 10.2. The van der Waals surface area contributed by atoms with Crippen molar-refractivity contribution >= 4 is 46.7 Å². The van der Waals surface area contributed by atoms with E-state index in [-0.39, 0.29) is 26.1 Å². The Morgan fingerprint density at radius 3 is 2.36 bits per heavy atom. The van der Waals surface area contributed by atoms with Gasteiger partial charge in [0.05, 0.1) is 19.6 Å². The van der Waals surface area contributed by atoms with Crippen LogP contribution in [0.1, 0.15) is 39.5 Å². The first-order valence-electron chi connectivity index (χ1n) is 7.91. The maximum absolute atomic E-state index is 12.1. The van der Waals surface area contributed by atoms with Gasteiger partial charge in [0.25, 0.3) is 0 Å². The van der Waals surface area contributed by atoms with Gasteiger partial charge in [-0.05, 0) is 38.5 Å². The van der Waals surface area contributed by atoms with E-state index in [0.29, 0.717) is 19.4 Å². The van der Waals surface area contributed by atoms with Crippen LogP contribution in [0.15, 0.2) is 0 Å². The summed E-state index contributed by atoms with van der Waals surface area (Å²) < 4.78 is 15.3. The molecule has 25 heavy (non-hydrogen) atoms. The molecule has 0 heterocycles. The van der Waals surface area contributed by atoms with Crippen molar-refractivity contribution in [3.8, 4) is 0 Å². The normalized spacial score (nSPS) is 14.4. The van der Waals surface area contributed by atoms with Gasteiger partial charge >= 0.3 is 17.9 Å². The molecular weight excluding hydrogens is 389 g/mol. The zero-order valence-electron chi connectivity index (χ0n) is 14.7. The van der Waals surface area contributed by atoms with Gasteiger partial charge in [-0.25, -0.2) is 0 Å². The maximum atomic E-state index is 12.1. The molecule has 2 atom stereocenters. The molecule has 0 bridgehead atoms. The molecule has 0 saturated heterocycles. The number of aliphatic carboxylic acids is 1. The summed E-state index contributed by atoms with van der Waals surface area (Å²) in [6, 6.07) is 0. The van der Waals surface area contributed by atoms with Crippen molar-refractivity contribution in [2.75, 3.05) is 26.9 Å². The van der Waals surface area contributed by atoms with Gasteiger partial charge in [-0.1, -0.05) is 11.4 Å². The van der Waals surface area contributed by atoms with Gasteiger partial charge in [0.15, 0.2) is 5.62 Å². The van der Waals surface area contributed by atoms with Crippen LogP contribution in [0.4, 0.5) is 0 Å². The molecule has 0 aromatic heterocycles. The third kappa shape index (κ3) is 11.5. The Labute approximate surface area is 157 Å². The first kappa shape index (κ1) is 24.3. The number of unbranched alkanes of at least 4 members (excludes halogenated alkanes) is 1. The molecule has 0 aromatic rings. The highest BCUT2D eigenvalue weighted by molar-refractivity contribution is 8.69. The lowest BCUT2D eigenvalue weighted by Crippen LogP contribution is -2.26.